The Hall–Kier alpha value is -1.75. The summed E-state index contributed by atoms with van der Waals surface area (Å²) in [5.41, 5.74) is 0.689. The minimum absolute atomic E-state index is 0.356. The molecule has 1 unspecified atom stereocenters. The van der Waals surface area contributed by atoms with Crippen molar-refractivity contribution < 1.29 is 9.63 Å². The second kappa shape index (κ2) is 4.85. The maximum absolute atomic E-state index is 9.14. The van der Waals surface area contributed by atoms with Gasteiger partial charge >= 0.3 is 0 Å². The summed E-state index contributed by atoms with van der Waals surface area (Å²) < 4.78 is 5.06. The van der Waals surface area contributed by atoms with E-state index in [1.54, 1.807) is 13.1 Å². The molecule has 2 aromatic rings. The van der Waals surface area contributed by atoms with Gasteiger partial charge in [-0.15, -0.1) is 0 Å². The molecule has 5 heteroatoms. The lowest BCUT2D eigenvalue weighted by Gasteiger charge is -1.98. The fraction of sp³-hybridized carbons (Fsp3) is 0.364. The molecule has 1 N–H and O–H groups in total. The molecule has 5 nitrogen and oxygen atoms in total. The molecule has 0 bridgehead atoms. The summed E-state index contributed by atoms with van der Waals surface area (Å²) in [4.78, 5) is 8.32. The molecule has 84 valence electrons. The van der Waals surface area contributed by atoms with Crippen molar-refractivity contribution in [3.63, 3.8) is 0 Å². The number of hydrogen-bond acceptors (Lipinski definition) is 5. The molecule has 0 aromatic carbocycles. The number of aromatic nitrogens is 3. The fourth-order valence-electron chi connectivity index (χ4n) is 1.29. The van der Waals surface area contributed by atoms with Gasteiger partial charge in [0.1, 0.15) is 5.69 Å². The van der Waals surface area contributed by atoms with Gasteiger partial charge in [0.2, 0.25) is 11.7 Å². The topological polar surface area (TPSA) is 72.0 Å². The van der Waals surface area contributed by atoms with Crippen molar-refractivity contribution in [3.05, 3.63) is 30.3 Å². The maximum atomic E-state index is 9.14. The molecule has 0 aliphatic rings. The molecule has 0 radical (unpaired) electrons. The summed E-state index contributed by atoms with van der Waals surface area (Å²) in [6, 6.07) is 5.52. The van der Waals surface area contributed by atoms with E-state index in [0.29, 0.717) is 30.3 Å². The average molecular weight is 219 g/mol. The number of aliphatic hydroxyl groups excluding tert-OH is 1. The first kappa shape index (κ1) is 10.8. The molecule has 1 atom stereocenters. The standard InChI is InChI=1S/C11H13N3O2/c1-8(15)5-6-10-13-11(14-16-10)9-4-2-3-7-12-9/h2-4,7-8,15H,5-6H2,1H3. The first-order valence-electron chi connectivity index (χ1n) is 5.18. The first-order chi connectivity index (χ1) is 7.75. The molecule has 0 amide bonds. The highest BCUT2D eigenvalue weighted by atomic mass is 16.5. The van der Waals surface area contributed by atoms with Crippen molar-refractivity contribution in [3.8, 4) is 11.5 Å². The van der Waals surface area contributed by atoms with E-state index in [0.717, 1.165) is 0 Å². The van der Waals surface area contributed by atoms with Crippen LogP contribution in [0.5, 0.6) is 0 Å². The zero-order valence-corrected chi connectivity index (χ0v) is 9.00. The van der Waals surface area contributed by atoms with Gasteiger partial charge in [-0.25, -0.2) is 0 Å². The predicted molar refractivity (Wildman–Crippen MR) is 57.5 cm³/mol. The second-order valence-electron chi connectivity index (χ2n) is 3.61. The lowest BCUT2D eigenvalue weighted by molar-refractivity contribution is 0.180. The van der Waals surface area contributed by atoms with Gasteiger partial charge in [0.05, 0.1) is 6.10 Å². The van der Waals surface area contributed by atoms with Gasteiger partial charge in [0.25, 0.3) is 0 Å². The highest BCUT2D eigenvalue weighted by Gasteiger charge is 2.09. The average Bonchev–Trinajstić information content (AvgIpc) is 2.76. The predicted octanol–water partition coefficient (Wildman–Crippen LogP) is 1.45. The largest absolute Gasteiger partial charge is 0.393 e. The molecule has 0 spiro atoms. The van der Waals surface area contributed by atoms with Crippen LogP contribution in [-0.2, 0) is 6.42 Å². The van der Waals surface area contributed by atoms with Crippen molar-refractivity contribution in [2.24, 2.45) is 0 Å². The Labute approximate surface area is 93.1 Å². The van der Waals surface area contributed by atoms with Crippen LogP contribution < -0.4 is 0 Å². The van der Waals surface area contributed by atoms with Crippen LogP contribution in [0.2, 0.25) is 0 Å². The molecule has 0 aliphatic carbocycles. The van der Waals surface area contributed by atoms with E-state index in [-0.39, 0.29) is 6.10 Å². The van der Waals surface area contributed by atoms with Crippen molar-refractivity contribution >= 4 is 0 Å². The number of hydrogen-bond donors (Lipinski definition) is 1. The SMILES string of the molecule is CC(O)CCc1nc(-c2ccccn2)no1. The lowest BCUT2D eigenvalue weighted by Crippen LogP contribution is -2.01. The Bertz CT molecular complexity index is 440. The summed E-state index contributed by atoms with van der Waals surface area (Å²) in [6.07, 6.45) is 2.52. The van der Waals surface area contributed by atoms with E-state index in [9.17, 15) is 0 Å². The minimum Gasteiger partial charge on any atom is -0.393 e. The summed E-state index contributed by atoms with van der Waals surface area (Å²) in [7, 11) is 0. The van der Waals surface area contributed by atoms with Gasteiger partial charge in [0, 0.05) is 12.6 Å². The molecule has 16 heavy (non-hydrogen) atoms. The van der Waals surface area contributed by atoms with E-state index in [2.05, 4.69) is 15.1 Å². The Kier molecular flexibility index (Phi) is 3.26. The molecule has 2 rings (SSSR count). The number of nitrogens with zero attached hydrogens (tertiary/aromatic N) is 3. The Balaban J connectivity index is 2.08. The van der Waals surface area contributed by atoms with Crippen LogP contribution in [0.15, 0.2) is 28.9 Å². The summed E-state index contributed by atoms with van der Waals surface area (Å²) >= 11 is 0. The van der Waals surface area contributed by atoms with Crippen LogP contribution in [0, 0.1) is 0 Å². The highest BCUT2D eigenvalue weighted by molar-refractivity contribution is 5.46. The smallest absolute Gasteiger partial charge is 0.227 e. The molecule has 2 aromatic heterocycles. The van der Waals surface area contributed by atoms with E-state index in [1.165, 1.54) is 0 Å². The summed E-state index contributed by atoms with van der Waals surface area (Å²) in [5, 5.41) is 13.0. The zero-order valence-electron chi connectivity index (χ0n) is 9.00. The quantitative estimate of drug-likeness (QED) is 0.842. The zero-order chi connectivity index (χ0) is 11.4. The van der Waals surface area contributed by atoms with Crippen LogP contribution in [0.4, 0.5) is 0 Å². The lowest BCUT2D eigenvalue weighted by atomic mass is 10.2. The third kappa shape index (κ3) is 2.64. The summed E-state index contributed by atoms with van der Waals surface area (Å²) in [6.45, 7) is 1.73. The van der Waals surface area contributed by atoms with E-state index in [4.69, 9.17) is 9.63 Å². The van der Waals surface area contributed by atoms with Gasteiger partial charge in [-0.3, -0.25) is 4.98 Å². The van der Waals surface area contributed by atoms with Crippen LogP contribution in [0.1, 0.15) is 19.2 Å². The molecular weight excluding hydrogens is 206 g/mol. The van der Waals surface area contributed by atoms with Crippen molar-refractivity contribution in [2.75, 3.05) is 0 Å². The second-order valence-corrected chi connectivity index (χ2v) is 3.61. The molecule has 0 saturated carbocycles. The Morgan fingerprint density at radius 2 is 2.31 bits per heavy atom. The fourth-order valence-corrected chi connectivity index (χ4v) is 1.29. The molecule has 2 heterocycles. The Morgan fingerprint density at radius 3 is 3.00 bits per heavy atom. The molecule has 0 aliphatic heterocycles. The number of pyridine rings is 1. The van der Waals surface area contributed by atoms with Crippen molar-refractivity contribution in [1.29, 1.82) is 0 Å². The van der Waals surface area contributed by atoms with Gasteiger partial charge in [-0.2, -0.15) is 4.98 Å². The monoisotopic (exact) mass is 219 g/mol. The molecular formula is C11H13N3O2. The normalized spacial score (nSPS) is 12.6. The van der Waals surface area contributed by atoms with E-state index < -0.39 is 0 Å². The van der Waals surface area contributed by atoms with Crippen molar-refractivity contribution in [2.45, 2.75) is 25.9 Å². The third-order valence-electron chi connectivity index (χ3n) is 2.14. The van der Waals surface area contributed by atoms with Crippen molar-refractivity contribution in [1.82, 2.24) is 15.1 Å². The number of aliphatic hydroxyl groups is 1. The van der Waals surface area contributed by atoms with E-state index in [1.807, 2.05) is 18.2 Å². The van der Waals surface area contributed by atoms with Crippen LogP contribution in [-0.4, -0.2) is 26.3 Å². The third-order valence-corrected chi connectivity index (χ3v) is 2.14. The van der Waals surface area contributed by atoms with Crippen LogP contribution in [0.25, 0.3) is 11.5 Å². The van der Waals surface area contributed by atoms with Crippen LogP contribution in [0.3, 0.4) is 0 Å². The van der Waals surface area contributed by atoms with Gasteiger partial charge in [-0.05, 0) is 25.5 Å². The van der Waals surface area contributed by atoms with Gasteiger partial charge in [-0.1, -0.05) is 11.2 Å². The highest BCUT2D eigenvalue weighted by Crippen LogP contribution is 2.12. The maximum Gasteiger partial charge on any atom is 0.227 e. The van der Waals surface area contributed by atoms with Gasteiger partial charge in [0.15, 0.2) is 0 Å². The number of rotatable bonds is 4. The number of aryl methyl sites for hydroxylation is 1. The van der Waals surface area contributed by atoms with Crippen LogP contribution >= 0.6 is 0 Å². The summed E-state index contributed by atoms with van der Waals surface area (Å²) in [5.74, 6) is 1.02. The van der Waals surface area contributed by atoms with E-state index >= 15 is 0 Å². The molecule has 0 fully saturated rings. The first-order valence-corrected chi connectivity index (χ1v) is 5.18. The minimum atomic E-state index is -0.356. The van der Waals surface area contributed by atoms with Gasteiger partial charge < -0.3 is 9.63 Å². The molecule has 0 saturated heterocycles. The Morgan fingerprint density at radius 1 is 1.44 bits per heavy atom.